The van der Waals surface area contributed by atoms with Gasteiger partial charge in [0, 0.05) is 28.6 Å². The molecule has 14 nitrogen and oxygen atoms in total. The molecule has 0 spiro atoms. The van der Waals surface area contributed by atoms with Crippen LogP contribution in [-0.4, -0.2) is 84.0 Å². The molecule has 3 N–H and O–H groups in total. The van der Waals surface area contributed by atoms with Crippen molar-refractivity contribution in [1.29, 1.82) is 0 Å². The van der Waals surface area contributed by atoms with Gasteiger partial charge in [-0.05, 0) is 75.3 Å². The Hall–Kier alpha value is -4.15. The topological polar surface area (TPSA) is 181 Å². The summed E-state index contributed by atoms with van der Waals surface area (Å²) in [5.41, 5.74) is -1.23. The van der Waals surface area contributed by atoms with Gasteiger partial charge in [-0.3, -0.25) is 24.0 Å². The first-order chi connectivity index (χ1) is 26.8. The largest absolute Gasteiger partial charge is 0.444 e. The minimum absolute atomic E-state index is 0.0197. The Kier molecular flexibility index (Phi) is 12.6. The molecule has 5 amide bonds. The molecule has 0 bridgehead atoms. The minimum atomic E-state index is -4.31. The zero-order valence-corrected chi connectivity index (χ0v) is 34.4. The number of hydrogen-bond acceptors (Lipinski definition) is 9. The Bertz CT molecular complexity index is 2030. The lowest BCUT2D eigenvalue weighted by atomic mass is 10.0. The third-order valence-corrected chi connectivity index (χ3v) is 12.6. The van der Waals surface area contributed by atoms with Gasteiger partial charge in [0.1, 0.15) is 35.1 Å². The first-order valence-corrected chi connectivity index (χ1v) is 21.6. The number of nitrogens with one attached hydrogen (secondary N) is 3. The summed E-state index contributed by atoms with van der Waals surface area (Å²) in [6.07, 6.45) is 1.83. The molecule has 57 heavy (non-hydrogen) atoms. The highest BCUT2D eigenvalue weighted by molar-refractivity contribution is 7.89. The number of nitrogens with zero attached hydrogens (tertiary/aromatic N) is 2. The van der Waals surface area contributed by atoms with E-state index < -0.39 is 80.8 Å². The van der Waals surface area contributed by atoms with E-state index >= 15 is 0 Å². The summed E-state index contributed by atoms with van der Waals surface area (Å²) in [7, 11) is -4.31. The molecule has 1 aliphatic carbocycles. The van der Waals surface area contributed by atoms with Crippen molar-refractivity contribution in [3.8, 4) is 0 Å². The number of halogens is 3. The molecule has 3 fully saturated rings. The second kappa shape index (κ2) is 17.0. The zero-order valence-electron chi connectivity index (χ0n) is 32.1. The first kappa shape index (κ1) is 42.5. The van der Waals surface area contributed by atoms with E-state index in [4.69, 9.17) is 32.7 Å². The van der Waals surface area contributed by atoms with E-state index in [1.54, 1.807) is 32.9 Å². The zero-order chi connectivity index (χ0) is 41.3. The van der Waals surface area contributed by atoms with Gasteiger partial charge in [-0.2, -0.15) is 0 Å². The molecule has 2 saturated heterocycles. The summed E-state index contributed by atoms with van der Waals surface area (Å²) < 4.78 is 54.5. The van der Waals surface area contributed by atoms with Crippen molar-refractivity contribution in [3.63, 3.8) is 0 Å². The summed E-state index contributed by atoms with van der Waals surface area (Å²) in [6, 6.07) is 6.53. The number of benzene rings is 2. The van der Waals surface area contributed by atoms with E-state index in [9.17, 15) is 36.8 Å². The molecule has 310 valence electrons. The van der Waals surface area contributed by atoms with Crippen LogP contribution in [0.25, 0.3) is 0 Å². The molecule has 4 aliphatic rings. The van der Waals surface area contributed by atoms with E-state index in [1.165, 1.54) is 34.1 Å². The van der Waals surface area contributed by atoms with E-state index in [0.29, 0.717) is 35.4 Å². The van der Waals surface area contributed by atoms with E-state index in [0.717, 1.165) is 19.3 Å². The predicted molar refractivity (Wildman–Crippen MR) is 208 cm³/mol. The third kappa shape index (κ3) is 10.3. The monoisotopic (exact) mass is 851 g/mol. The van der Waals surface area contributed by atoms with Crippen LogP contribution >= 0.6 is 23.2 Å². The number of carbonyl (C=O) groups is 5. The van der Waals surface area contributed by atoms with Crippen molar-refractivity contribution < 1.29 is 46.3 Å². The Morgan fingerprint density at radius 3 is 2.44 bits per heavy atom. The molecule has 6 rings (SSSR count). The van der Waals surface area contributed by atoms with E-state index in [2.05, 4.69) is 15.4 Å². The van der Waals surface area contributed by atoms with Gasteiger partial charge >= 0.3 is 12.2 Å². The number of fused-ring (bicyclic) bond motifs is 3. The van der Waals surface area contributed by atoms with Crippen LogP contribution in [0.1, 0.15) is 95.2 Å². The minimum Gasteiger partial charge on any atom is -0.444 e. The highest BCUT2D eigenvalue weighted by atomic mass is 35.5. The van der Waals surface area contributed by atoms with Crippen molar-refractivity contribution in [2.75, 3.05) is 6.54 Å². The number of hydrogen-bond donors (Lipinski definition) is 3. The van der Waals surface area contributed by atoms with Gasteiger partial charge in [0.15, 0.2) is 0 Å². The van der Waals surface area contributed by atoms with Gasteiger partial charge in [-0.15, -0.1) is 0 Å². The Labute approximate surface area is 341 Å². The van der Waals surface area contributed by atoms with Gasteiger partial charge in [0.05, 0.1) is 18.8 Å². The van der Waals surface area contributed by atoms with Crippen molar-refractivity contribution in [2.24, 2.45) is 5.92 Å². The SMILES string of the molecule is CC(C)(C)OC(=O)N[C@H]1CCCCCCC[C@H]2C[C@@]2(C(=O)NS(=O)(=O)Cc2ccc(Cl)cc2Cl)NC(=O)[C@@H]2C[C@@H](OC(=O)N3Cc4cccc(F)c4C3)CN2C1=O. The van der Waals surface area contributed by atoms with E-state index in [1.807, 2.05) is 0 Å². The molecule has 18 heteroatoms. The van der Waals surface area contributed by atoms with Crippen molar-refractivity contribution in [1.82, 2.24) is 25.2 Å². The molecule has 5 atom stereocenters. The molecule has 0 radical (unpaired) electrons. The van der Waals surface area contributed by atoms with Gasteiger partial charge in [-0.25, -0.2) is 22.4 Å². The predicted octanol–water partition coefficient (Wildman–Crippen LogP) is 5.71. The number of ether oxygens (including phenoxy) is 2. The number of carbonyl (C=O) groups excluding carboxylic acids is 5. The number of amides is 5. The number of sulfonamides is 1. The molecule has 1 saturated carbocycles. The second-order valence-electron chi connectivity index (χ2n) is 16.3. The first-order valence-electron chi connectivity index (χ1n) is 19.2. The van der Waals surface area contributed by atoms with Crippen LogP contribution in [0.2, 0.25) is 10.0 Å². The van der Waals surface area contributed by atoms with Crippen LogP contribution in [0.4, 0.5) is 14.0 Å². The Morgan fingerprint density at radius 2 is 1.74 bits per heavy atom. The standard InChI is InChI=1S/C39H48Cl2FN5O9S/c1-38(2,3)56-36(51)43-31-13-8-6-4-5-7-11-25-18-39(25,35(50)45-57(53,54)22-24-14-15-26(40)16-29(24)41)44-33(48)32-17-27(20-47(32)34(31)49)55-37(52)46-19-23-10-9-12-30(42)28(23)21-46/h9-10,12,14-16,25,27,31-32H,4-8,11,13,17-22H2,1-3H3,(H,43,51)(H,44,48)(H,45,50)/t25-,27+,31-,32-,39+/m0/s1. The van der Waals surface area contributed by atoms with Crippen molar-refractivity contribution in [3.05, 3.63) is 69.0 Å². The van der Waals surface area contributed by atoms with Crippen molar-refractivity contribution in [2.45, 2.75) is 127 Å². The fourth-order valence-electron chi connectivity index (χ4n) is 7.86. The van der Waals surface area contributed by atoms with E-state index in [-0.39, 0.29) is 55.4 Å². The number of rotatable bonds is 6. The lowest BCUT2D eigenvalue weighted by Crippen LogP contribution is -2.58. The average Bonchev–Trinajstić information content (AvgIpc) is 3.40. The van der Waals surface area contributed by atoms with Crippen molar-refractivity contribution >= 4 is 63.1 Å². The van der Waals surface area contributed by atoms with Gasteiger partial charge in [0.25, 0.3) is 5.91 Å². The maximum atomic E-state index is 14.5. The lowest BCUT2D eigenvalue weighted by Gasteiger charge is -2.30. The highest BCUT2D eigenvalue weighted by Crippen LogP contribution is 2.48. The molecule has 0 aromatic heterocycles. The number of alkyl carbamates (subject to hydrolysis) is 1. The molecular formula is C39H48Cl2FN5O9S. The summed E-state index contributed by atoms with van der Waals surface area (Å²) in [6.45, 7) is 4.93. The highest BCUT2D eigenvalue weighted by Gasteiger charge is 2.62. The molecule has 2 aromatic rings. The fraction of sp³-hybridized carbons (Fsp3) is 0.564. The second-order valence-corrected chi connectivity index (χ2v) is 18.9. The maximum absolute atomic E-state index is 14.5. The van der Waals surface area contributed by atoms with Crippen LogP contribution in [0.3, 0.4) is 0 Å². The summed E-state index contributed by atoms with van der Waals surface area (Å²) in [4.78, 5) is 71.7. The Morgan fingerprint density at radius 1 is 1.02 bits per heavy atom. The molecular weight excluding hydrogens is 804 g/mol. The van der Waals surface area contributed by atoms with Gasteiger partial charge in [0.2, 0.25) is 21.8 Å². The molecule has 3 heterocycles. The van der Waals surface area contributed by atoms with Gasteiger partial charge < -0.3 is 25.0 Å². The molecule has 0 unspecified atom stereocenters. The fourth-order valence-corrected chi connectivity index (χ4v) is 9.61. The van der Waals surface area contributed by atoms with Crippen LogP contribution < -0.4 is 15.4 Å². The van der Waals surface area contributed by atoms with Crippen LogP contribution in [0.5, 0.6) is 0 Å². The van der Waals surface area contributed by atoms with Gasteiger partial charge in [-0.1, -0.05) is 73.5 Å². The summed E-state index contributed by atoms with van der Waals surface area (Å²) in [5.74, 6) is -3.74. The van der Waals surface area contributed by atoms with Crippen LogP contribution in [-0.2, 0) is 52.7 Å². The Balaban J connectivity index is 1.25. The molecule has 3 aliphatic heterocycles. The summed E-state index contributed by atoms with van der Waals surface area (Å²) in [5, 5.41) is 5.90. The lowest BCUT2D eigenvalue weighted by molar-refractivity contribution is -0.141. The molecule has 2 aromatic carbocycles. The third-order valence-electron chi connectivity index (χ3n) is 10.8. The quantitative estimate of drug-likeness (QED) is 0.328. The normalized spacial score (nSPS) is 25.5. The van der Waals surface area contributed by atoms with Crippen LogP contribution in [0.15, 0.2) is 36.4 Å². The average molecular weight is 853 g/mol. The summed E-state index contributed by atoms with van der Waals surface area (Å²) >= 11 is 12.2. The van der Waals surface area contributed by atoms with Crippen LogP contribution in [0, 0.1) is 11.7 Å². The maximum Gasteiger partial charge on any atom is 0.410 e. The smallest absolute Gasteiger partial charge is 0.410 e.